The third-order valence-electron chi connectivity index (χ3n) is 5.15. The fraction of sp³-hybridized carbons (Fsp3) is 0.333. The van der Waals surface area contributed by atoms with Crippen molar-refractivity contribution >= 4 is 46.4 Å². The van der Waals surface area contributed by atoms with Crippen LogP contribution in [0.1, 0.15) is 36.8 Å². The first-order valence-corrected chi connectivity index (χ1v) is 12.3. The first-order chi connectivity index (χ1) is 17.2. The molecule has 0 aliphatic carbocycles. The topological polar surface area (TPSA) is 108 Å². The lowest BCUT2D eigenvalue weighted by Crippen LogP contribution is -2.25. The Labute approximate surface area is 224 Å². The lowest BCUT2D eigenvalue weighted by molar-refractivity contribution is 0.0762. The van der Waals surface area contributed by atoms with Crippen molar-refractivity contribution in [3.63, 3.8) is 0 Å². The van der Waals surface area contributed by atoms with Gasteiger partial charge in [-0.1, -0.05) is 40.0 Å². The highest BCUT2D eigenvalue weighted by Crippen LogP contribution is 2.27. The van der Waals surface area contributed by atoms with Gasteiger partial charge in [-0.3, -0.25) is 0 Å². The third-order valence-corrected chi connectivity index (χ3v) is 5.75. The van der Waals surface area contributed by atoms with Gasteiger partial charge >= 0.3 is 0 Å². The average molecular weight is 559 g/mol. The van der Waals surface area contributed by atoms with Gasteiger partial charge in [-0.25, -0.2) is 15.4 Å². The predicted molar refractivity (Wildman–Crippen MR) is 141 cm³/mol. The number of benzene rings is 2. The molecular formula is C24H27Cl3FN5O3. The quantitative estimate of drug-likeness (QED) is 0.120. The van der Waals surface area contributed by atoms with E-state index >= 15 is 0 Å². The monoisotopic (exact) mass is 557 g/mol. The van der Waals surface area contributed by atoms with Crippen molar-refractivity contribution < 1.29 is 18.7 Å². The van der Waals surface area contributed by atoms with Gasteiger partial charge in [0.1, 0.15) is 23.0 Å². The summed E-state index contributed by atoms with van der Waals surface area (Å²) in [5.41, 5.74) is 8.00. The van der Waals surface area contributed by atoms with Gasteiger partial charge in [0.25, 0.3) is 0 Å². The number of hydrogen-bond acceptors (Lipinski definition) is 7. The highest BCUT2D eigenvalue weighted by atomic mass is 35.5. The van der Waals surface area contributed by atoms with Gasteiger partial charge in [-0.05, 0) is 61.7 Å². The molecule has 1 atom stereocenters. The minimum atomic E-state index is -0.483. The highest BCUT2D eigenvalue weighted by molar-refractivity contribution is 6.55. The Morgan fingerprint density at radius 1 is 1.22 bits per heavy atom. The molecule has 3 rings (SSSR count). The summed E-state index contributed by atoms with van der Waals surface area (Å²) in [5, 5.41) is 9.68. The molecular weight excluding hydrogens is 532 g/mol. The predicted octanol–water partition coefficient (Wildman–Crippen LogP) is 5.35. The molecule has 4 N–H and O–H groups in total. The van der Waals surface area contributed by atoms with Crippen LogP contribution < -0.4 is 21.1 Å². The lowest BCUT2D eigenvalue weighted by Gasteiger charge is -2.11. The maximum Gasteiger partial charge on any atom is 0.165 e. The van der Waals surface area contributed by atoms with Crippen LogP contribution in [0.15, 0.2) is 57.2 Å². The zero-order valence-corrected chi connectivity index (χ0v) is 21.9. The highest BCUT2D eigenvalue weighted by Gasteiger charge is 2.22. The maximum absolute atomic E-state index is 14.0. The summed E-state index contributed by atoms with van der Waals surface area (Å²) in [7, 11) is 1.57. The molecule has 0 fully saturated rings. The summed E-state index contributed by atoms with van der Waals surface area (Å²) < 4.78 is 25.3. The van der Waals surface area contributed by atoms with E-state index in [0.29, 0.717) is 29.4 Å². The Hall–Kier alpha value is -2.72. The van der Waals surface area contributed by atoms with Crippen LogP contribution in [0.3, 0.4) is 0 Å². The maximum atomic E-state index is 14.0. The summed E-state index contributed by atoms with van der Waals surface area (Å²) in [6.07, 6.45) is 4.47. The molecule has 36 heavy (non-hydrogen) atoms. The molecule has 2 aromatic rings. The molecule has 0 amide bonds. The summed E-state index contributed by atoms with van der Waals surface area (Å²) in [4.78, 5) is 5.56. The Morgan fingerprint density at radius 3 is 2.75 bits per heavy atom. The molecule has 194 valence electrons. The van der Waals surface area contributed by atoms with Crippen molar-refractivity contribution in [2.75, 3.05) is 20.3 Å². The molecule has 0 radical (unpaired) electrons. The van der Waals surface area contributed by atoms with Gasteiger partial charge in [0.15, 0.2) is 17.4 Å². The molecule has 0 saturated carbocycles. The molecule has 0 spiro atoms. The summed E-state index contributed by atoms with van der Waals surface area (Å²) in [5.74, 6) is 5.90. The first-order valence-electron chi connectivity index (χ1n) is 11.1. The van der Waals surface area contributed by atoms with Crippen molar-refractivity contribution in [1.82, 2.24) is 5.12 Å². The van der Waals surface area contributed by atoms with Crippen LogP contribution in [-0.2, 0) is 4.84 Å². The van der Waals surface area contributed by atoms with E-state index in [4.69, 9.17) is 60.7 Å². The number of nitrogens with zero attached hydrogens (tertiary/aromatic N) is 3. The molecule has 0 aromatic heterocycles. The molecule has 0 saturated heterocycles. The second kappa shape index (κ2) is 13.5. The number of hydrazine groups is 1. The van der Waals surface area contributed by atoms with Crippen LogP contribution >= 0.6 is 34.8 Å². The van der Waals surface area contributed by atoms with E-state index in [0.717, 1.165) is 35.7 Å². The summed E-state index contributed by atoms with van der Waals surface area (Å²) in [6, 6.07) is 9.77. The number of unbranched alkanes of at least 4 members (excludes halogenated alkanes) is 1. The van der Waals surface area contributed by atoms with Crippen molar-refractivity contribution in [2.24, 2.45) is 21.8 Å². The fourth-order valence-electron chi connectivity index (χ4n) is 3.40. The zero-order valence-electron chi connectivity index (χ0n) is 19.6. The number of amidine groups is 1. The number of hydrazone groups is 1. The van der Waals surface area contributed by atoms with Crippen LogP contribution in [0, 0.1) is 5.82 Å². The van der Waals surface area contributed by atoms with E-state index in [1.807, 2.05) is 0 Å². The third kappa shape index (κ3) is 8.44. The normalized spacial score (nSPS) is 15.2. The van der Waals surface area contributed by atoms with E-state index in [1.165, 1.54) is 12.1 Å². The largest absolute Gasteiger partial charge is 0.492 e. The van der Waals surface area contributed by atoms with Crippen molar-refractivity contribution in [3.05, 3.63) is 68.9 Å². The van der Waals surface area contributed by atoms with Crippen molar-refractivity contribution in [1.29, 1.82) is 0 Å². The number of nitrogens with two attached hydrogens (primary N) is 2. The van der Waals surface area contributed by atoms with E-state index in [2.05, 4.69) is 10.3 Å². The molecule has 2 aromatic carbocycles. The Kier molecular flexibility index (Phi) is 10.5. The van der Waals surface area contributed by atoms with Gasteiger partial charge in [0.05, 0.1) is 17.3 Å². The zero-order chi connectivity index (χ0) is 26.1. The van der Waals surface area contributed by atoms with Crippen molar-refractivity contribution in [2.45, 2.75) is 31.8 Å². The van der Waals surface area contributed by atoms with Crippen LogP contribution in [0.5, 0.6) is 11.5 Å². The molecule has 1 unspecified atom stereocenters. The minimum absolute atomic E-state index is 0.0555. The van der Waals surface area contributed by atoms with E-state index in [1.54, 1.807) is 37.4 Å². The minimum Gasteiger partial charge on any atom is -0.492 e. The SMILES string of the molecule is CN(N)/N=C(\N)c1ccc(OCCCCC2CC(c3ccc(F)c(OCC=C(Cl)Cl)c3)=NO2)c(Cl)c1. The number of rotatable bonds is 12. The van der Waals surface area contributed by atoms with Crippen LogP contribution in [0.25, 0.3) is 0 Å². The molecule has 12 heteroatoms. The molecule has 1 aliphatic heterocycles. The Balaban J connectivity index is 1.41. The molecule has 0 bridgehead atoms. The number of halogens is 4. The van der Waals surface area contributed by atoms with Gasteiger partial charge in [0.2, 0.25) is 0 Å². The number of oxime groups is 1. The second-order valence-electron chi connectivity index (χ2n) is 7.97. The van der Waals surface area contributed by atoms with Gasteiger partial charge in [0, 0.05) is 24.6 Å². The van der Waals surface area contributed by atoms with E-state index in [9.17, 15) is 4.39 Å². The van der Waals surface area contributed by atoms with Gasteiger partial charge < -0.3 is 20.0 Å². The van der Waals surface area contributed by atoms with E-state index in [-0.39, 0.29) is 28.8 Å². The summed E-state index contributed by atoms with van der Waals surface area (Å²) >= 11 is 17.4. The molecule has 1 aliphatic rings. The van der Waals surface area contributed by atoms with Crippen LogP contribution in [0.2, 0.25) is 5.02 Å². The number of ether oxygens (including phenoxy) is 2. The summed E-state index contributed by atoms with van der Waals surface area (Å²) in [6.45, 7) is 0.550. The number of hydrogen-bond donors (Lipinski definition) is 2. The Bertz CT molecular complexity index is 1140. The van der Waals surface area contributed by atoms with Crippen LogP contribution in [0.4, 0.5) is 4.39 Å². The average Bonchev–Trinajstić information content (AvgIpc) is 3.29. The van der Waals surface area contributed by atoms with Crippen LogP contribution in [-0.4, -0.2) is 43.0 Å². The molecule has 1 heterocycles. The smallest absolute Gasteiger partial charge is 0.165 e. The second-order valence-corrected chi connectivity index (χ2v) is 9.38. The standard InChI is InChI=1S/C24H27Cl3FN5O3/c1-33(30)31-24(29)16-6-8-21(18(25)12-16)34-10-3-2-4-17-14-20(32-36-17)15-5-7-19(28)22(13-15)35-11-9-23(26)27/h5-9,12-13,17H,2-4,10-11,14,30H2,1H3,(H2,29,31). The Morgan fingerprint density at radius 2 is 2.03 bits per heavy atom. The van der Waals surface area contributed by atoms with Gasteiger partial charge in [-0.15, -0.1) is 5.10 Å². The fourth-order valence-corrected chi connectivity index (χ4v) is 3.76. The van der Waals surface area contributed by atoms with Gasteiger partial charge in [-0.2, -0.15) is 0 Å². The van der Waals surface area contributed by atoms with E-state index < -0.39 is 5.82 Å². The first kappa shape index (κ1) is 27.9. The molecule has 8 nitrogen and oxygen atoms in total. The lowest BCUT2D eigenvalue weighted by atomic mass is 10.0. The van der Waals surface area contributed by atoms with Crippen molar-refractivity contribution in [3.8, 4) is 11.5 Å².